The summed E-state index contributed by atoms with van der Waals surface area (Å²) < 4.78 is 38.5. The highest BCUT2D eigenvalue weighted by Gasteiger charge is 2.47. The molecule has 1 aliphatic rings. The predicted octanol–water partition coefficient (Wildman–Crippen LogP) is 3.72. The predicted molar refractivity (Wildman–Crippen MR) is 65.8 cm³/mol. The molecule has 0 unspecified atom stereocenters. The van der Waals surface area contributed by atoms with E-state index < -0.39 is 18.2 Å². The number of aliphatic hydroxyl groups is 1. The number of hydrogen-bond acceptors (Lipinski definition) is 1. The van der Waals surface area contributed by atoms with Crippen LogP contribution in [0.1, 0.15) is 17.0 Å². The van der Waals surface area contributed by atoms with Gasteiger partial charge < -0.3 is 5.11 Å². The number of benzene rings is 2. The third kappa shape index (κ3) is 1.83. The summed E-state index contributed by atoms with van der Waals surface area (Å²) in [5.41, 5.74) is 2.61. The van der Waals surface area contributed by atoms with Crippen LogP contribution in [0.4, 0.5) is 13.2 Å². The Morgan fingerprint density at radius 3 is 1.68 bits per heavy atom. The Bertz CT molecular complexity index is 573. The van der Waals surface area contributed by atoms with Gasteiger partial charge in [0, 0.05) is 5.92 Å². The van der Waals surface area contributed by atoms with Crippen molar-refractivity contribution >= 4 is 0 Å². The molecule has 1 atom stereocenters. The zero-order valence-corrected chi connectivity index (χ0v) is 9.85. The number of alkyl halides is 3. The van der Waals surface area contributed by atoms with Gasteiger partial charge in [-0.3, -0.25) is 0 Å². The highest BCUT2D eigenvalue weighted by Crippen LogP contribution is 2.48. The SMILES string of the molecule is O[C@H](C1c2ccccc2-c2ccccc21)C(F)(F)F. The first-order valence-electron chi connectivity index (χ1n) is 5.93. The summed E-state index contributed by atoms with van der Waals surface area (Å²) in [5, 5.41) is 9.65. The van der Waals surface area contributed by atoms with Crippen molar-refractivity contribution in [2.45, 2.75) is 18.2 Å². The summed E-state index contributed by atoms with van der Waals surface area (Å²) in [4.78, 5) is 0. The highest BCUT2D eigenvalue weighted by atomic mass is 19.4. The molecule has 2 aromatic carbocycles. The minimum Gasteiger partial charge on any atom is -0.383 e. The first kappa shape index (κ1) is 12.2. The zero-order valence-electron chi connectivity index (χ0n) is 9.85. The van der Waals surface area contributed by atoms with Gasteiger partial charge in [0.05, 0.1) is 0 Å². The highest BCUT2D eigenvalue weighted by molar-refractivity contribution is 5.79. The Hall–Kier alpha value is -1.81. The molecule has 0 heterocycles. The maximum Gasteiger partial charge on any atom is 0.415 e. The largest absolute Gasteiger partial charge is 0.415 e. The smallest absolute Gasteiger partial charge is 0.383 e. The van der Waals surface area contributed by atoms with Crippen LogP contribution >= 0.6 is 0 Å². The molecule has 3 rings (SSSR count). The van der Waals surface area contributed by atoms with Crippen molar-refractivity contribution in [1.82, 2.24) is 0 Å². The Balaban J connectivity index is 2.20. The Morgan fingerprint density at radius 1 is 0.842 bits per heavy atom. The molecule has 0 saturated heterocycles. The lowest BCUT2D eigenvalue weighted by Gasteiger charge is -2.22. The molecule has 0 aromatic heterocycles. The van der Waals surface area contributed by atoms with Crippen LogP contribution in [0.2, 0.25) is 0 Å². The van der Waals surface area contributed by atoms with Gasteiger partial charge >= 0.3 is 6.18 Å². The Labute approximate surface area is 108 Å². The third-order valence-corrected chi connectivity index (χ3v) is 3.53. The summed E-state index contributed by atoms with van der Waals surface area (Å²) in [6.07, 6.45) is -7.01. The van der Waals surface area contributed by atoms with Crippen LogP contribution in [-0.2, 0) is 0 Å². The lowest BCUT2D eigenvalue weighted by atomic mass is 9.91. The first-order valence-corrected chi connectivity index (χ1v) is 5.93. The molecule has 1 nitrogen and oxygen atoms in total. The molecule has 0 amide bonds. The van der Waals surface area contributed by atoms with Crippen molar-refractivity contribution in [2.75, 3.05) is 0 Å². The number of halogens is 3. The van der Waals surface area contributed by atoms with Gasteiger partial charge in [0.1, 0.15) is 0 Å². The van der Waals surface area contributed by atoms with E-state index in [1.807, 2.05) is 0 Å². The van der Waals surface area contributed by atoms with Gasteiger partial charge in [-0.05, 0) is 22.3 Å². The zero-order chi connectivity index (χ0) is 13.6. The number of rotatable bonds is 1. The normalized spacial score (nSPS) is 16.0. The molecule has 0 radical (unpaired) electrons. The van der Waals surface area contributed by atoms with Crippen molar-refractivity contribution in [3.05, 3.63) is 59.7 Å². The van der Waals surface area contributed by atoms with Crippen molar-refractivity contribution in [1.29, 1.82) is 0 Å². The van der Waals surface area contributed by atoms with Crippen molar-refractivity contribution in [3.8, 4) is 11.1 Å². The average Bonchev–Trinajstić information content (AvgIpc) is 2.71. The topological polar surface area (TPSA) is 20.2 Å². The van der Waals surface area contributed by atoms with Gasteiger partial charge in [-0.1, -0.05) is 48.5 Å². The van der Waals surface area contributed by atoms with E-state index in [0.717, 1.165) is 11.1 Å². The minimum absolute atomic E-state index is 0.536. The van der Waals surface area contributed by atoms with Crippen molar-refractivity contribution in [3.63, 3.8) is 0 Å². The Morgan fingerprint density at radius 2 is 1.26 bits per heavy atom. The maximum absolute atomic E-state index is 12.8. The van der Waals surface area contributed by atoms with Crippen molar-refractivity contribution < 1.29 is 18.3 Å². The molecule has 1 N–H and O–H groups in total. The van der Waals surface area contributed by atoms with E-state index in [-0.39, 0.29) is 0 Å². The summed E-state index contributed by atoms with van der Waals surface area (Å²) in [7, 11) is 0. The van der Waals surface area contributed by atoms with Gasteiger partial charge in [-0.25, -0.2) is 0 Å². The molecule has 4 heteroatoms. The summed E-state index contributed by atoms with van der Waals surface area (Å²) >= 11 is 0. The monoisotopic (exact) mass is 264 g/mol. The van der Waals surface area contributed by atoms with Gasteiger partial charge in [-0.15, -0.1) is 0 Å². The quantitative estimate of drug-likeness (QED) is 0.832. The van der Waals surface area contributed by atoms with Gasteiger partial charge in [0.25, 0.3) is 0 Å². The van der Waals surface area contributed by atoms with Crippen LogP contribution in [-0.4, -0.2) is 17.4 Å². The van der Waals surface area contributed by atoms with Gasteiger partial charge in [-0.2, -0.15) is 13.2 Å². The van der Waals surface area contributed by atoms with Crippen molar-refractivity contribution in [2.24, 2.45) is 0 Å². The van der Waals surface area contributed by atoms with Crippen LogP contribution in [0.15, 0.2) is 48.5 Å². The minimum atomic E-state index is -4.63. The molecule has 0 spiro atoms. The van der Waals surface area contributed by atoms with E-state index in [2.05, 4.69) is 0 Å². The van der Waals surface area contributed by atoms with Crippen LogP contribution < -0.4 is 0 Å². The summed E-state index contributed by atoms with van der Waals surface area (Å²) in [6.45, 7) is 0. The van der Waals surface area contributed by atoms with Crippen LogP contribution in [0.25, 0.3) is 11.1 Å². The first-order chi connectivity index (χ1) is 9.00. The second kappa shape index (κ2) is 4.10. The Kier molecular flexibility index (Phi) is 2.64. The molecule has 0 saturated carbocycles. The fourth-order valence-electron chi connectivity index (χ4n) is 2.72. The molecule has 98 valence electrons. The van der Waals surface area contributed by atoms with E-state index in [1.54, 1.807) is 48.5 Å². The lowest BCUT2D eigenvalue weighted by molar-refractivity contribution is -0.207. The third-order valence-electron chi connectivity index (χ3n) is 3.53. The van der Waals surface area contributed by atoms with E-state index in [9.17, 15) is 18.3 Å². The van der Waals surface area contributed by atoms with E-state index >= 15 is 0 Å². The number of aliphatic hydroxyl groups excluding tert-OH is 1. The average molecular weight is 264 g/mol. The van der Waals surface area contributed by atoms with E-state index in [1.165, 1.54) is 0 Å². The molecular weight excluding hydrogens is 253 g/mol. The van der Waals surface area contributed by atoms with E-state index in [0.29, 0.717) is 11.1 Å². The summed E-state index contributed by atoms with van der Waals surface area (Å²) in [6, 6.07) is 13.8. The number of hydrogen-bond donors (Lipinski definition) is 1. The second-order valence-corrected chi connectivity index (χ2v) is 4.64. The van der Waals surface area contributed by atoms with Gasteiger partial charge in [0.2, 0.25) is 0 Å². The maximum atomic E-state index is 12.8. The molecule has 0 aliphatic heterocycles. The molecule has 19 heavy (non-hydrogen) atoms. The fourth-order valence-corrected chi connectivity index (χ4v) is 2.72. The van der Waals surface area contributed by atoms with Gasteiger partial charge in [0.15, 0.2) is 6.10 Å². The molecule has 2 aromatic rings. The van der Waals surface area contributed by atoms with Crippen LogP contribution in [0, 0.1) is 0 Å². The fraction of sp³-hybridized carbons (Fsp3) is 0.200. The van der Waals surface area contributed by atoms with E-state index in [4.69, 9.17) is 0 Å². The second-order valence-electron chi connectivity index (χ2n) is 4.64. The molecule has 0 fully saturated rings. The van der Waals surface area contributed by atoms with Crippen LogP contribution in [0.3, 0.4) is 0 Å². The summed E-state index contributed by atoms with van der Waals surface area (Å²) in [5.74, 6) is -1.03. The lowest BCUT2D eigenvalue weighted by Crippen LogP contribution is -2.34. The molecule has 0 bridgehead atoms. The van der Waals surface area contributed by atoms with Crippen LogP contribution in [0.5, 0.6) is 0 Å². The number of fused-ring (bicyclic) bond motifs is 3. The molecular formula is C15H11F3O. The molecule has 1 aliphatic carbocycles. The standard InChI is InChI=1S/C15H11F3O/c16-15(17,18)14(19)13-11-7-3-1-5-9(11)10-6-2-4-8-12(10)13/h1-8,13-14,19H/t14-/m1/s1.